The average Bonchev–Trinajstić information content (AvgIpc) is 2.19. The minimum atomic E-state index is 0.236. The number of aryl methyl sites for hydroxylation is 2. The molecule has 16 heavy (non-hydrogen) atoms. The molecule has 0 unspecified atom stereocenters. The van der Waals surface area contributed by atoms with Gasteiger partial charge in [-0.1, -0.05) is 11.6 Å². The Morgan fingerprint density at radius 3 is 2.38 bits per heavy atom. The zero-order chi connectivity index (χ0) is 11.7. The second kappa shape index (κ2) is 4.46. The number of halogens is 1. The summed E-state index contributed by atoms with van der Waals surface area (Å²) in [6, 6.07) is 3.84. The Kier molecular flexibility index (Phi) is 3.20. The normalized spacial score (nSPS) is 16.7. The van der Waals surface area contributed by atoms with Crippen LogP contribution in [-0.4, -0.2) is 12.5 Å². The van der Waals surface area contributed by atoms with Crippen LogP contribution in [0, 0.1) is 13.8 Å². The number of carbonyl (C=O) groups excluding carboxylic acids is 1. The number of benzene rings is 1. The molecule has 2 nitrogen and oxygen atoms in total. The van der Waals surface area contributed by atoms with Gasteiger partial charge in [0.25, 0.3) is 0 Å². The number of nitrogens with zero attached hydrogens (tertiary/aromatic N) is 1. The fourth-order valence-electron chi connectivity index (χ4n) is 2.37. The first-order valence-corrected chi connectivity index (χ1v) is 6.04. The van der Waals surface area contributed by atoms with Gasteiger partial charge in [0.05, 0.1) is 0 Å². The molecule has 0 aromatic heterocycles. The van der Waals surface area contributed by atoms with Gasteiger partial charge in [-0.25, -0.2) is 0 Å². The van der Waals surface area contributed by atoms with Gasteiger partial charge in [-0.3, -0.25) is 4.79 Å². The molecule has 1 amide bonds. The highest BCUT2D eigenvalue weighted by Gasteiger charge is 2.22. The summed E-state index contributed by atoms with van der Waals surface area (Å²) in [6.45, 7) is 4.86. The SMILES string of the molecule is Cc1cc(Cl)cc(C)c1N1CCCCC1=O. The molecule has 0 bridgehead atoms. The first-order valence-electron chi connectivity index (χ1n) is 5.66. The Morgan fingerprint density at radius 1 is 1.19 bits per heavy atom. The molecule has 86 valence electrons. The molecule has 1 heterocycles. The van der Waals surface area contributed by atoms with E-state index in [1.807, 2.05) is 30.9 Å². The summed E-state index contributed by atoms with van der Waals surface area (Å²) in [5.41, 5.74) is 3.22. The van der Waals surface area contributed by atoms with E-state index in [1.165, 1.54) is 0 Å². The second-order valence-electron chi connectivity index (χ2n) is 4.39. The summed E-state index contributed by atoms with van der Waals surface area (Å²) in [5.74, 6) is 0.236. The predicted octanol–water partition coefficient (Wildman–Crippen LogP) is 3.47. The van der Waals surface area contributed by atoms with Crippen LogP contribution in [0.1, 0.15) is 30.4 Å². The Labute approximate surface area is 101 Å². The van der Waals surface area contributed by atoms with Crippen LogP contribution < -0.4 is 4.90 Å². The van der Waals surface area contributed by atoms with Crippen LogP contribution in [0.2, 0.25) is 5.02 Å². The van der Waals surface area contributed by atoms with Crippen molar-refractivity contribution in [3.8, 4) is 0 Å². The minimum absolute atomic E-state index is 0.236. The van der Waals surface area contributed by atoms with Crippen LogP contribution in [0.15, 0.2) is 12.1 Å². The zero-order valence-corrected chi connectivity index (χ0v) is 10.5. The highest BCUT2D eigenvalue weighted by atomic mass is 35.5. The molecule has 1 aliphatic rings. The predicted molar refractivity (Wildman–Crippen MR) is 67.1 cm³/mol. The highest BCUT2D eigenvalue weighted by Crippen LogP contribution is 2.30. The van der Waals surface area contributed by atoms with Crippen molar-refractivity contribution in [2.75, 3.05) is 11.4 Å². The maximum Gasteiger partial charge on any atom is 0.226 e. The molecule has 0 radical (unpaired) electrons. The summed E-state index contributed by atoms with van der Waals surface area (Å²) in [4.78, 5) is 13.8. The lowest BCUT2D eigenvalue weighted by molar-refractivity contribution is -0.119. The smallest absolute Gasteiger partial charge is 0.226 e. The lowest BCUT2D eigenvalue weighted by Crippen LogP contribution is -2.36. The Hall–Kier alpha value is -1.02. The third kappa shape index (κ3) is 2.07. The number of anilines is 1. The minimum Gasteiger partial charge on any atom is -0.312 e. The van der Waals surface area contributed by atoms with E-state index in [0.717, 1.165) is 41.2 Å². The Balaban J connectivity index is 2.42. The highest BCUT2D eigenvalue weighted by molar-refractivity contribution is 6.30. The van der Waals surface area contributed by atoms with Crippen LogP contribution in [0.3, 0.4) is 0 Å². The van der Waals surface area contributed by atoms with Crippen LogP contribution >= 0.6 is 11.6 Å². The number of hydrogen-bond donors (Lipinski definition) is 0. The molecule has 2 rings (SSSR count). The zero-order valence-electron chi connectivity index (χ0n) is 9.72. The molecular weight excluding hydrogens is 222 g/mol. The maximum absolute atomic E-state index is 11.9. The molecule has 3 heteroatoms. The van der Waals surface area contributed by atoms with Crippen LogP contribution in [0.4, 0.5) is 5.69 Å². The van der Waals surface area contributed by atoms with Gasteiger partial charge in [0.15, 0.2) is 0 Å². The largest absolute Gasteiger partial charge is 0.312 e. The van der Waals surface area contributed by atoms with Crippen molar-refractivity contribution in [2.45, 2.75) is 33.1 Å². The molecule has 0 N–H and O–H groups in total. The molecule has 1 aromatic rings. The lowest BCUT2D eigenvalue weighted by atomic mass is 10.0. The van der Waals surface area contributed by atoms with E-state index >= 15 is 0 Å². The van der Waals surface area contributed by atoms with E-state index in [0.29, 0.717) is 6.42 Å². The van der Waals surface area contributed by atoms with Crippen molar-refractivity contribution in [1.82, 2.24) is 0 Å². The van der Waals surface area contributed by atoms with E-state index in [4.69, 9.17) is 11.6 Å². The van der Waals surface area contributed by atoms with E-state index in [1.54, 1.807) is 0 Å². The third-order valence-electron chi connectivity index (χ3n) is 3.05. The summed E-state index contributed by atoms with van der Waals surface area (Å²) in [7, 11) is 0. The summed E-state index contributed by atoms with van der Waals surface area (Å²) in [5, 5.41) is 0.739. The first kappa shape index (κ1) is 11.5. The van der Waals surface area contributed by atoms with Crippen LogP contribution in [-0.2, 0) is 4.79 Å². The molecule has 1 aromatic carbocycles. The van der Waals surface area contributed by atoms with E-state index in [9.17, 15) is 4.79 Å². The Bertz CT molecular complexity index is 405. The number of hydrogen-bond acceptors (Lipinski definition) is 1. The average molecular weight is 238 g/mol. The van der Waals surface area contributed by atoms with E-state index in [-0.39, 0.29) is 5.91 Å². The van der Waals surface area contributed by atoms with Gasteiger partial charge >= 0.3 is 0 Å². The number of amides is 1. The van der Waals surface area contributed by atoms with Gasteiger partial charge in [0.2, 0.25) is 5.91 Å². The molecule has 1 aliphatic heterocycles. The van der Waals surface area contributed by atoms with Crippen LogP contribution in [0.5, 0.6) is 0 Å². The molecule has 0 spiro atoms. The topological polar surface area (TPSA) is 20.3 Å². The van der Waals surface area contributed by atoms with Crippen LogP contribution in [0.25, 0.3) is 0 Å². The summed E-state index contributed by atoms with van der Waals surface area (Å²) in [6.07, 6.45) is 2.77. The lowest BCUT2D eigenvalue weighted by Gasteiger charge is -2.29. The maximum atomic E-state index is 11.9. The van der Waals surface area contributed by atoms with Gasteiger partial charge in [0, 0.05) is 23.7 Å². The van der Waals surface area contributed by atoms with Gasteiger partial charge in [-0.05, 0) is 49.9 Å². The van der Waals surface area contributed by atoms with Gasteiger partial charge in [-0.2, -0.15) is 0 Å². The molecule has 0 saturated carbocycles. The molecule has 0 aliphatic carbocycles. The second-order valence-corrected chi connectivity index (χ2v) is 4.83. The van der Waals surface area contributed by atoms with Crippen molar-refractivity contribution >= 4 is 23.2 Å². The summed E-state index contributed by atoms with van der Waals surface area (Å²) >= 11 is 5.99. The van der Waals surface area contributed by atoms with Crippen molar-refractivity contribution in [2.24, 2.45) is 0 Å². The standard InChI is InChI=1S/C13H16ClNO/c1-9-7-11(14)8-10(2)13(9)15-6-4-3-5-12(15)16/h7-8H,3-6H2,1-2H3. The van der Waals surface area contributed by atoms with Crippen molar-refractivity contribution in [3.63, 3.8) is 0 Å². The molecule has 1 saturated heterocycles. The molecular formula is C13H16ClNO. The van der Waals surface area contributed by atoms with Gasteiger partial charge in [0.1, 0.15) is 0 Å². The molecule has 1 fully saturated rings. The third-order valence-corrected chi connectivity index (χ3v) is 3.27. The van der Waals surface area contributed by atoms with Crippen molar-refractivity contribution in [3.05, 3.63) is 28.3 Å². The fourth-order valence-corrected chi connectivity index (χ4v) is 2.70. The van der Waals surface area contributed by atoms with Crippen molar-refractivity contribution < 1.29 is 4.79 Å². The van der Waals surface area contributed by atoms with Gasteiger partial charge < -0.3 is 4.90 Å². The Morgan fingerprint density at radius 2 is 1.81 bits per heavy atom. The number of rotatable bonds is 1. The fraction of sp³-hybridized carbons (Fsp3) is 0.462. The quantitative estimate of drug-likeness (QED) is 0.733. The van der Waals surface area contributed by atoms with E-state index < -0.39 is 0 Å². The first-order chi connectivity index (χ1) is 7.59. The number of piperidine rings is 1. The van der Waals surface area contributed by atoms with E-state index in [2.05, 4.69) is 0 Å². The summed E-state index contributed by atoms with van der Waals surface area (Å²) < 4.78 is 0. The van der Waals surface area contributed by atoms with Gasteiger partial charge in [-0.15, -0.1) is 0 Å². The molecule has 0 atom stereocenters. The van der Waals surface area contributed by atoms with Crippen molar-refractivity contribution in [1.29, 1.82) is 0 Å². The number of carbonyl (C=O) groups is 1. The monoisotopic (exact) mass is 237 g/mol.